The van der Waals surface area contributed by atoms with Gasteiger partial charge < -0.3 is 11.1 Å². The molecule has 2 rings (SSSR count). The van der Waals surface area contributed by atoms with E-state index in [1.807, 2.05) is 0 Å². The van der Waals surface area contributed by atoms with Gasteiger partial charge in [-0.1, -0.05) is 0 Å². The molecule has 0 heterocycles. The topological polar surface area (TPSA) is 67.5 Å². The van der Waals surface area contributed by atoms with Gasteiger partial charge in [0, 0.05) is 16.9 Å². The van der Waals surface area contributed by atoms with E-state index in [9.17, 15) is 9.18 Å². The van der Waals surface area contributed by atoms with Crippen LogP contribution in [0.4, 0.5) is 21.5 Å². The molecule has 0 saturated heterocycles. The zero-order valence-electron chi connectivity index (χ0n) is 10.9. The molecule has 0 atom stereocenters. The van der Waals surface area contributed by atoms with Crippen LogP contribution in [0.25, 0.3) is 0 Å². The second-order valence-electron chi connectivity index (χ2n) is 4.27. The summed E-state index contributed by atoms with van der Waals surface area (Å²) in [6.07, 6.45) is 0.709. The molecule has 5 heteroatoms. The summed E-state index contributed by atoms with van der Waals surface area (Å²) < 4.78 is 12.8. The molecule has 4 nitrogen and oxygen atoms in total. The number of carbonyl (C=O) groups is 1. The van der Waals surface area contributed by atoms with Crippen LogP contribution < -0.4 is 11.1 Å². The summed E-state index contributed by atoms with van der Waals surface area (Å²) in [5, 5.41) is 3.02. The lowest BCUT2D eigenvalue weighted by Crippen LogP contribution is -2.06. The second-order valence-corrected chi connectivity index (χ2v) is 4.27. The number of nitrogens with one attached hydrogen (secondary N) is 1. The highest BCUT2D eigenvalue weighted by Gasteiger charge is 2.02. The second kappa shape index (κ2) is 5.97. The molecule has 2 aromatic rings. The maximum Gasteiger partial charge on any atom is 0.152 e. The van der Waals surface area contributed by atoms with Crippen molar-refractivity contribution >= 4 is 29.2 Å². The lowest BCUT2D eigenvalue weighted by molar-refractivity contribution is 0.112. The van der Waals surface area contributed by atoms with E-state index in [0.717, 1.165) is 5.69 Å². The Balaban J connectivity index is 2.22. The molecular weight excluding hydrogens is 257 g/mol. The van der Waals surface area contributed by atoms with Crippen LogP contribution in [-0.2, 0) is 0 Å². The molecule has 0 saturated carbocycles. The molecule has 0 unspecified atom stereocenters. The maximum atomic E-state index is 12.8. The van der Waals surface area contributed by atoms with Gasteiger partial charge >= 0.3 is 0 Å². The Labute approximate surface area is 116 Å². The molecule has 0 fully saturated rings. The minimum atomic E-state index is -0.299. The van der Waals surface area contributed by atoms with Gasteiger partial charge in [0.25, 0.3) is 0 Å². The predicted octanol–water partition coefficient (Wildman–Crippen LogP) is 3.38. The number of hydrogen-bond acceptors (Lipinski definition) is 3. The first-order valence-corrected chi connectivity index (χ1v) is 6.01. The Hall–Kier alpha value is -2.69. The van der Waals surface area contributed by atoms with Crippen LogP contribution in [0, 0.1) is 5.82 Å². The van der Waals surface area contributed by atoms with E-state index in [2.05, 4.69) is 10.3 Å². The fraction of sp³-hybridized carbons (Fsp3) is 0.0667. The molecule has 0 aliphatic rings. The molecule has 20 heavy (non-hydrogen) atoms. The number of aliphatic imine (C=N–C) groups is 1. The Morgan fingerprint density at radius 1 is 1.25 bits per heavy atom. The normalized spacial score (nSPS) is 11.2. The fourth-order valence-corrected chi connectivity index (χ4v) is 1.72. The van der Waals surface area contributed by atoms with Crippen molar-refractivity contribution in [3.05, 3.63) is 53.8 Å². The molecule has 0 amide bonds. The van der Waals surface area contributed by atoms with Crippen molar-refractivity contribution in [1.29, 1.82) is 0 Å². The highest BCUT2D eigenvalue weighted by molar-refractivity contribution is 5.97. The number of amidine groups is 1. The number of nitrogens with two attached hydrogens (primary N) is 1. The fourth-order valence-electron chi connectivity index (χ4n) is 1.72. The number of nitrogens with zero attached hydrogens (tertiary/aromatic N) is 1. The highest BCUT2D eigenvalue weighted by Crippen LogP contribution is 2.21. The maximum absolute atomic E-state index is 12.8. The minimum absolute atomic E-state index is 0.299. The van der Waals surface area contributed by atoms with E-state index < -0.39 is 0 Å². The Bertz CT molecular complexity index is 651. The number of nitrogen functional groups attached to an aromatic ring is 1. The van der Waals surface area contributed by atoms with Crippen LogP contribution in [-0.4, -0.2) is 12.1 Å². The van der Waals surface area contributed by atoms with Crippen LogP contribution >= 0.6 is 0 Å². The van der Waals surface area contributed by atoms with Crippen molar-refractivity contribution in [2.24, 2.45) is 4.99 Å². The Kier molecular flexibility index (Phi) is 4.10. The lowest BCUT2D eigenvalue weighted by atomic mass is 10.2. The van der Waals surface area contributed by atoms with Crippen molar-refractivity contribution in [3.63, 3.8) is 0 Å². The third-order valence-electron chi connectivity index (χ3n) is 2.64. The molecule has 3 N–H and O–H groups in total. The monoisotopic (exact) mass is 271 g/mol. The number of rotatable bonds is 3. The quantitative estimate of drug-likeness (QED) is 0.389. The zero-order chi connectivity index (χ0) is 14.5. The smallest absolute Gasteiger partial charge is 0.152 e. The molecule has 0 bridgehead atoms. The minimum Gasteiger partial charge on any atom is -0.399 e. The van der Waals surface area contributed by atoms with Gasteiger partial charge in [-0.15, -0.1) is 0 Å². The summed E-state index contributed by atoms with van der Waals surface area (Å²) in [6.45, 7) is 1.76. The summed E-state index contributed by atoms with van der Waals surface area (Å²) in [5.41, 5.74) is 7.79. The van der Waals surface area contributed by atoms with Crippen molar-refractivity contribution in [2.45, 2.75) is 6.92 Å². The SMILES string of the molecule is CC(=Nc1ccc(N)cc1C=O)Nc1ccc(F)cc1. The van der Waals surface area contributed by atoms with Crippen LogP contribution in [0.5, 0.6) is 0 Å². The average molecular weight is 271 g/mol. The van der Waals surface area contributed by atoms with Gasteiger partial charge in [0.15, 0.2) is 6.29 Å². The number of anilines is 2. The van der Waals surface area contributed by atoms with Gasteiger partial charge in [-0.2, -0.15) is 0 Å². The number of carbonyl (C=O) groups excluding carboxylic acids is 1. The first-order valence-electron chi connectivity index (χ1n) is 6.01. The average Bonchev–Trinajstić information content (AvgIpc) is 2.43. The molecule has 0 radical (unpaired) electrons. The molecule has 0 aliphatic heterocycles. The van der Waals surface area contributed by atoms with E-state index in [1.54, 1.807) is 37.3 Å². The summed E-state index contributed by atoms with van der Waals surface area (Å²) in [7, 11) is 0. The van der Waals surface area contributed by atoms with Crippen LogP contribution in [0.2, 0.25) is 0 Å². The zero-order valence-corrected chi connectivity index (χ0v) is 10.9. The molecule has 0 aliphatic carbocycles. The van der Waals surface area contributed by atoms with Gasteiger partial charge in [-0.25, -0.2) is 9.38 Å². The highest BCUT2D eigenvalue weighted by atomic mass is 19.1. The lowest BCUT2D eigenvalue weighted by Gasteiger charge is -2.07. The van der Waals surface area contributed by atoms with E-state index in [1.165, 1.54) is 12.1 Å². The number of aldehydes is 1. The largest absolute Gasteiger partial charge is 0.399 e. The van der Waals surface area contributed by atoms with Gasteiger partial charge in [0.05, 0.1) is 5.69 Å². The van der Waals surface area contributed by atoms with Gasteiger partial charge in [-0.05, 0) is 49.4 Å². The van der Waals surface area contributed by atoms with Crippen molar-refractivity contribution in [2.75, 3.05) is 11.1 Å². The van der Waals surface area contributed by atoms with E-state index >= 15 is 0 Å². The first kappa shape index (κ1) is 13.7. The molecule has 2 aromatic carbocycles. The molecule has 0 aromatic heterocycles. The summed E-state index contributed by atoms with van der Waals surface area (Å²) in [4.78, 5) is 15.3. The van der Waals surface area contributed by atoms with Gasteiger partial charge in [0.1, 0.15) is 11.7 Å². The Morgan fingerprint density at radius 2 is 1.95 bits per heavy atom. The third-order valence-corrected chi connectivity index (χ3v) is 2.64. The van der Waals surface area contributed by atoms with Gasteiger partial charge in [-0.3, -0.25) is 4.79 Å². The first-order chi connectivity index (χ1) is 9.58. The van der Waals surface area contributed by atoms with Crippen molar-refractivity contribution in [1.82, 2.24) is 0 Å². The van der Waals surface area contributed by atoms with Crippen LogP contribution in [0.1, 0.15) is 17.3 Å². The standard InChI is InChI=1S/C15H14FN3O/c1-10(18-14-5-2-12(16)3-6-14)19-15-7-4-13(17)8-11(15)9-20/h2-9H,17H2,1H3,(H,18,19). The van der Waals surface area contributed by atoms with E-state index in [0.29, 0.717) is 29.1 Å². The number of hydrogen-bond donors (Lipinski definition) is 2. The number of benzene rings is 2. The van der Waals surface area contributed by atoms with Gasteiger partial charge in [0.2, 0.25) is 0 Å². The molecule has 0 spiro atoms. The predicted molar refractivity (Wildman–Crippen MR) is 79.0 cm³/mol. The van der Waals surface area contributed by atoms with Crippen molar-refractivity contribution < 1.29 is 9.18 Å². The summed E-state index contributed by atoms with van der Waals surface area (Å²) in [6, 6.07) is 10.9. The van der Waals surface area contributed by atoms with Crippen LogP contribution in [0.3, 0.4) is 0 Å². The van der Waals surface area contributed by atoms with E-state index in [-0.39, 0.29) is 5.82 Å². The third kappa shape index (κ3) is 3.41. The molecular formula is C15H14FN3O. The number of halogens is 1. The Morgan fingerprint density at radius 3 is 2.60 bits per heavy atom. The molecule has 102 valence electrons. The van der Waals surface area contributed by atoms with Crippen LogP contribution in [0.15, 0.2) is 47.5 Å². The van der Waals surface area contributed by atoms with Crippen molar-refractivity contribution in [3.8, 4) is 0 Å². The summed E-state index contributed by atoms with van der Waals surface area (Å²) in [5.74, 6) is 0.288. The summed E-state index contributed by atoms with van der Waals surface area (Å²) >= 11 is 0. The van der Waals surface area contributed by atoms with E-state index in [4.69, 9.17) is 5.73 Å².